The zero-order chi connectivity index (χ0) is 28.3. The molecule has 0 radical (unpaired) electrons. The summed E-state index contributed by atoms with van der Waals surface area (Å²) in [5, 5.41) is 5.71. The van der Waals surface area contributed by atoms with Crippen LogP contribution in [0.25, 0.3) is 11.1 Å². The van der Waals surface area contributed by atoms with E-state index in [-0.39, 0.29) is 17.9 Å². The number of anilines is 1. The Morgan fingerprint density at radius 2 is 1.60 bits per heavy atom. The third-order valence-electron chi connectivity index (χ3n) is 6.34. The smallest absolute Gasteiger partial charge is 0.319 e. The van der Waals surface area contributed by atoms with Gasteiger partial charge >= 0.3 is 18.2 Å². The molecule has 206 valence electrons. The molecule has 0 saturated carbocycles. The van der Waals surface area contributed by atoms with E-state index in [1.54, 1.807) is 0 Å². The van der Waals surface area contributed by atoms with E-state index in [2.05, 4.69) is 41.0 Å². The Morgan fingerprint density at radius 1 is 0.875 bits per heavy atom. The average Bonchev–Trinajstić information content (AvgIpc) is 2.96. The largest absolute Gasteiger partial charge is 0.493 e. The van der Waals surface area contributed by atoms with Crippen molar-refractivity contribution < 1.29 is 23.6 Å². The molecule has 0 aliphatic rings. The maximum atomic E-state index is 12.5. The number of hydrogen-bond acceptors (Lipinski definition) is 4. The van der Waals surface area contributed by atoms with Crippen LogP contribution in [0.2, 0.25) is 0 Å². The summed E-state index contributed by atoms with van der Waals surface area (Å²) in [6, 6.07) is 29.5. The molecule has 0 bridgehead atoms. The minimum Gasteiger partial charge on any atom is -0.493 e. The summed E-state index contributed by atoms with van der Waals surface area (Å²) in [7, 11) is 0. The molecule has 40 heavy (non-hydrogen) atoms. The lowest BCUT2D eigenvalue weighted by atomic mass is 9.98. The first kappa shape index (κ1) is 28.4. The molecule has 7 nitrogen and oxygen atoms in total. The SMILES string of the molecule is CC(=O)OC(C(C)C)[n+]1cccc(CNC(=O)Nc2ccc(OCCc3ccccc3-c3ccccc3)cc2)c1. The number of nitrogens with zero attached hydrogens (tertiary/aromatic N) is 1. The third-order valence-corrected chi connectivity index (χ3v) is 6.34. The lowest BCUT2D eigenvalue weighted by molar-refractivity contribution is -0.764. The molecule has 7 heteroatoms. The fraction of sp³-hybridized carbons (Fsp3) is 0.242. The Bertz CT molecular complexity index is 1400. The summed E-state index contributed by atoms with van der Waals surface area (Å²) in [6.45, 7) is 6.24. The molecule has 0 fully saturated rings. The molecule has 1 atom stereocenters. The molecule has 2 N–H and O–H groups in total. The monoisotopic (exact) mass is 538 g/mol. The van der Waals surface area contributed by atoms with Gasteiger partial charge in [-0.05, 0) is 47.0 Å². The normalized spacial score (nSPS) is 11.5. The van der Waals surface area contributed by atoms with Crippen LogP contribution in [0.5, 0.6) is 5.75 Å². The molecule has 2 amide bonds. The van der Waals surface area contributed by atoms with E-state index >= 15 is 0 Å². The number of nitrogens with one attached hydrogen (secondary N) is 2. The predicted octanol–water partition coefficient (Wildman–Crippen LogP) is 6.30. The number of amides is 2. The molecule has 0 aliphatic heterocycles. The molecule has 0 aliphatic carbocycles. The van der Waals surface area contributed by atoms with Crippen molar-refractivity contribution in [2.24, 2.45) is 5.92 Å². The van der Waals surface area contributed by atoms with Crippen molar-refractivity contribution in [3.05, 3.63) is 115 Å². The van der Waals surface area contributed by atoms with Crippen molar-refractivity contribution in [2.45, 2.75) is 40.0 Å². The third kappa shape index (κ3) is 8.17. The standard InChI is InChI=1S/C33H35N3O4/c1-24(2)32(40-25(3)37)36-20-9-10-26(23-36)22-34-33(38)35-29-15-17-30(18-16-29)39-21-19-28-13-7-8-14-31(28)27-11-5-4-6-12-27/h4-18,20,23-24,32H,19,21-22H2,1-3H3,(H-,34,35,38)/p+1. The Balaban J connectivity index is 1.26. The van der Waals surface area contributed by atoms with E-state index in [4.69, 9.17) is 9.47 Å². The van der Waals surface area contributed by atoms with Gasteiger partial charge < -0.3 is 20.1 Å². The molecule has 4 rings (SSSR count). The van der Waals surface area contributed by atoms with Crippen molar-refractivity contribution in [1.82, 2.24) is 5.32 Å². The minimum absolute atomic E-state index is 0.0949. The molecular weight excluding hydrogens is 502 g/mol. The number of carbonyl (C=O) groups excluding carboxylic acids is 2. The second-order valence-corrected chi connectivity index (χ2v) is 9.86. The average molecular weight is 539 g/mol. The van der Waals surface area contributed by atoms with Crippen LogP contribution < -0.4 is 19.9 Å². The Kier molecular flexibility index (Phi) is 9.88. The van der Waals surface area contributed by atoms with Crippen molar-refractivity contribution in [1.29, 1.82) is 0 Å². The van der Waals surface area contributed by atoms with Gasteiger partial charge in [-0.25, -0.2) is 4.79 Å². The lowest BCUT2D eigenvalue weighted by Gasteiger charge is -2.16. The number of esters is 1. The first-order valence-corrected chi connectivity index (χ1v) is 13.5. The molecule has 1 aromatic heterocycles. The summed E-state index contributed by atoms with van der Waals surface area (Å²) in [5.41, 5.74) is 5.19. The highest BCUT2D eigenvalue weighted by Gasteiger charge is 2.25. The molecule has 0 saturated heterocycles. The maximum Gasteiger partial charge on any atom is 0.319 e. The molecular formula is C33H36N3O4+. The van der Waals surface area contributed by atoms with Gasteiger partial charge in [-0.15, -0.1) is 0 Å². The molecule has 4 aromatic rings. The zero-order valence-corrected chi connectivity index (χ0v) is 23.2. The van der Waals surface area contributed by atoms with Gasteiger partial charge in [0, 0.05) is 30.7 Å². The van der Waals surface area contributed by atoms with Crippen LogP contribution in [0.3, 0.4) is 0 Å². The van der Waals surface area contributed by atoms with Gasteiger partial charge in [0.15, 0.2) is 12.4 Å². The summed E-state index contributed by atoms with van der Waals surface area (Å²) >= 11 is 0. The number of carbonyl (C=O) groups is 2. The van der Waals surface area contributed by atoms with E-state index in [0.29, 0.717) is 18.8 Å². The Hall–Kier alpha value is -4.65. The van der Waals surface area contributed by atoms with E-state index in [1.807, 2.05) is 91.5 Å². The fourth-order valence-electron chi connectivity index (χ4n) is 4.43. The first-order valence-electron chi connectivity index (χ1n) is 13.5. The minimum atomic E-state index is -0.411. The highest BCUT2D eigenvalue weighted by Crippen LogP contribution is 2.24. The van der Waals surface area contributed by atoms with Gasteiger partial charge in [0.25, 0.3) is 0 Å². The number of hydrogen-bond donors (Lipinski definition) is 2. The number of benzene rings is 3. The Labute approximate surface area is 235 Å². The van der Waals surface area contributed by atoms with Crippen LogP contribution in [0.15, 0.2) is 103 Å². The van der Waals surface area contributed by atoms with Gasteiger partial charge in [-0.2, -0.15) is 4.57 Å². The van der Waals surface area contributed by atoms with E-state index in [9.17, 15) is 9.59 Å². The predicted molar refractivity (Wildman–Crippen MR) is 156 cm³/mol. The summed E-state index contributed by atoms with van der Waals surface area (Å²) in [5.74, 6) is 0.501. The van der Waals surface area contributed by atoms with E-state index in [0.717, 1.165) is 17.7 Å². The number of aromatic nitrogens is 1. The zero-order valence-electron chi connectivity index (χ0n) is 23.2. The van der Waals surface area contributed by atoms with Crippen LogP contribution >= 0.6 is 0 Å². The van der Waals surface area contributed by atoms with Crippen LogP contribution in [0.1, 0.15) is 38.1 Å². The van der Waals surface area contributed by atoms with Crippen LogP contribution in [-0.2, 0) is 22.5 Å². The van der Waals surface area contributed by atoms with E-state index < -0.39 is 6.23 Å². The van der Waals surface area contributed by atoms with E-state index in [1.165, 1.54) is 23.6 Å². The van der Waals surface area contributed by atoms with Crippen molar-refractivity contribution >= 4 is 17.7 Å². The molecule has 0 spiro atoms. The maximum absolute atomic E-state index is 12.5. The van der Waals surface area contributed by atoms with Crippen LogP contribution in [-0.4, -0.2) is 18.6 Å². The molecule has 1 unspecified atom stereocenters. The fourth-order valence-corrected chi connectivity index (χ4v) is 4.43. The van der Waals surface area contributed by atoms with Gasteiger partial charge in [0.2, 0.25) is 0 Å². The number of urea groups is 1. The highest BCUT2D eigenvalue weighted by atomic mass is 16.6. The highest BCUT2D eigenvalue weighted by molar-refractivity contribution is 5.89. The Morgan fingerprint density at radius 3 is 2.33 bits per heavy atom. The quantitative estimate of drug-likeness (QED) is 0.173. The van der Waals surface area contributed by atoms with Gasteiger partial charge in [0.1, 0.15) is 5.75 Å². The van der Waals surface area contributed by atoms with Crippen LogP contribution in [0, 0.1) is 5.92 Å². The topological polar surface area (TPSA) is 80.5 Å². The second-order valence-electron chi connectivity index (χ2n) is 9.86. The number of ether oxygens (including phenoxy) is 2. The van der Waals surface area contributed by atoms with Crippen molar-refractivity contribution in [3.63, 3.8) is 0 Å². The summed E-state index contributed by atoms with van der Waals surface area (Å²) < 4.78 is 13.3. The van der Waals surface area contributed by atoms with Gasteiger partial charge in [-0.3, -0.25) is 4.79 Å². The number of pyridine rings is 1. The van der Waals surface area contributed by atoms with Crippen molar-refractivity contribution in [2.75, 3.05) is 11.9 Å². The lowest BCUT2D eigenvalue weighted by Crippen LogP contribution is -2.44. The first-order chi connectivity index (χ1) is 19.4. The molecule has 3 aromatic carbocycles. The van der Waals surface area contributed by atoms with Crippen LogP contribution in [0.4, 0.5) is 10.5 Å². The van der Waals surface area contributed by atoms with Crippen molar-refractivity contribution in [3.8, 4) is 16.9 Å². The van der Waals surface area contributed by atoms with Gasteiger partial charge in [0.05, 0.1) is 19.1 Å². The summed E-state index contributed by atoms with van der Waals surface area (Å²) in [4.78, 5) is 24.0. The van der Waals surface area contributed by atoms with Gasteiger partial charge in [-0.1, -0.05) is 68.4 Å². The second kappa shape index (κ2) is 13.9. The summed E-state index contributed by atoms with van der Waals surface area (Å²) in [6.07, 6.45) is 4.10. The molecule has 1 heterocycles. The number of rotatable bonds is 11.